The molecule has 2 nitrogen and oxygen atoms in total. The highest BCUT2D eigenvalue weighted by atomic mass is 79.9. The summed E-state index contributed by atoms with van der Waals surface area (Å²) in [6.07, 6.45) is 0.942. The van der Waals surface area contributed by atoms with Crippen molar-refractivity contribution in [3.05, 3.63) is 44.4 Å². The molecule has 1 N–H and O–H groups in total. The summed E-state index contributed by atoms with van der Waals surface area (Å²) in [5.74, 6) is 0.624. The van der Waals surface area contributed by atoms with Crippen LogP contribution in [0.3, 0.4) is 0 Å². The zero-order chi connectivity index (χ0) is 10.1. The maximum absolute atomic E-state index is 9.97. The maximum atomic E-state index is 9.97. The average Bonchev–Trinajstić information content (AvgIpc) is 2.73. The molecule has 0 fully saturated rings. The van der Waals surface area contributed by atoms with Gasteiger partial charge in [-0.2, -0.15) is 0 Å². The summed E-state index contributed by atoms with van der Waals surface area (Å²) in [4.78, 5) is 0.884. The number of hydrogen-bond acceptors (Lipinski definition) is 3. The fourth-order valence-electron chi connectivity index (χ4n) is 1.27. The van der Waals surface area contributed by atoms with E-state index in [0.29, 0.717) is 5.76 Å². The molecule has 2 aromatic heterocycles. The van der Waals surface area contributed by atoms with E-state index in [9.17, 15) is 5.11 Å². The Morgan fingerprint density at radius 2 is 2.21 bits per heavy atom. The lowest BCUT2D eigenvalue weighted by atomic mass is 10.1. The van der Waals surface area contributed by atoms with E-state index in [4.69, 9.17) is 4.42 Å². The number of aliphatic hydroxyl groups is 1. The molecule has 1 unspecified atom stereocenters. The van der Waals surface area contributed by atoms with Gasteiger partial charge in [0.05, 0.1) is 10.0 Å². The molecule has 4 heteroatoms. The molecule has 0 aliphatic carbocycles. The van der Waals surface area contributed by atoms with Crippen molar-refractivity contribution in [1.82, 2.24) is 0 Å². The van der Waals surface area contributed by atoms with Gasteiger partial charge in [-0.3, -0.25) is 0 Å². The Bertz CT molecular complexity index is 433. The highest BCUT2D eigenvalue weighted by molar-refractivity contribution is 9.11. The Kier molecular flexibility index (Phi) is 2.76. The van der Waals surface area contributed by atoms with Crippen LogP contribution >= 0.6 is 27.3 Å². The zero-order valence-corrected chi connectivity index (χ0v) is 9.93. The second-order valence-electron chi connectivity index (χ2n) is 3.01. The van der Waals surface area contributed by atoms with Crippen molar-refractivity contribution in [3.63, 3.8) is 0 Å². The van der Waals surface area contributed by atoms with E-state index in [-0.39, 0.29) is 0 Å². The number of halogens is 1. The van der Waals surface area contributed by atoms with E-state index < -0.39 is 6.10 Å². The van der Waals surface area contributed by atoms with Gasteiger partial charge in [-0.15, -0.1) is 11.3 Å². The van der Waals surface area contributed by atoms with Crippen molar-refractivity contribution < 1.29 is 9.52 Å². The third-order valence-electron chi connectivity index (χ3n) is 2.01. The van der Waals surface area contributed by atoms with Crippen molar-refractivity contribution in [3.8, 4) is 0 Å². The summed E-state index contributed by atoms with van der Waals surface area (Å²) >= 11 is 4.87. The molecule has 0 aromatic carbocycles. The predicted octanol–water partition coefficient (Wildman–Crippen LogP) is 3.49. The fourth-order valence-corrected chi connectivity index (χ4v) is 2.68. The van der Waals surface area contributed by atoms with Crippen LogP contribution in [-0.4, -0.2) is 5.11 Å². The van der Waals surface area contributed by atoms with Crippen molar-refractivity contribution in [2.75, 3.05) is 0 Å². The quantitative estimate of drug-likeness (QED) is 0.908. The molecule has 2 aromatic rings. The molecule has 2 rings (SSSR count). The molecule has 0 saturated heterocycles. The van der Waals surface area contributed by atoms with Crippen LogP contribution in [0.4, 0.5) is 0 Å². The van der Waals surface area contributed by atoms with E-state index in [0.717, 1.165) is 14.2 Å². The zero-order valence-electron chi connectivity index (χ0n) is 7.53. The van der Waals surface area contributed by atoms with Crippen molar-refractivity contribution in [2.45, 2.75) is 13.0 Å². The van der Waals surface area contributed by atoms with E-state index in [1.165, 1.54) is 11.3 Å². The fraction of sp³-hybridized carbons (Fsp3) is 0.200. The molecule has 0 radical (unpaired) electrons. The lowest BCUT2D eigenvalue weighted by Gasteiger charge is -2.05. The normalized spacial score (nSPS) is 13.1. The molecule has 0 aliphatic rings. The number of thiophene rings is 1. The van der Waals surface area contributed by atoms with Gasteiger partial charge >= 0.3 is 0 Å². The summed E-state index contributed by atoms with van der Waals surface area (Å²) in [7, 11) is 0. The van der Waals surface area contributed by atoms with Crippen LogP contribution in [0.5, 0.6) is 0 Å². The van der Waals surface area contributed by atoms with Crippen molar-refractivity contribution in [2.24, 2.45) is 0 Å². The third kappa shape index (κ3) is 1.78. The molecule has 0 spiro atoms. The van der Waals surface area contributed by atoms with E-state index in [1.807, 2.05) is 25.1 Å². The topological polar surface area (TPSA) is 33.4 Å². The van der Waals surface area contributed by atoms with Crippen LogP contribution in [0, 0.1) is 6.92 Å². The molecular weight excluding hydrogens is 264 g/mol. The molecule has 0 bridgehead atoms. The van der Waals surface area contributed by atoms with Gasteiger partial charge in [0, 0.05) is 4.88 Å². The van der Waals surface area contributed by atoms with E-state index in [2.05, 4.69) is 15.9 Å². The minimum Gasteiger partial charge on any atom is -0.466 e. The van der Waals surface area contributed by atoms with Gasteiger partial charge in [-0.25, -0.2) is 0 Å². The van der Waals surface area contributed by atoms with Crippen molar-refractivity contribution in [1.29, 1.82) is 0 Å². The molecule has 14 heavy (non-hydrogen) atoms. The van der Waals surface area contributed by atoms with Crippen LogP contribution in [0.25, 0.3) is 0 Å². The molecule has 1 atom stereocenters. The van der Waals surface area contributed by atoms with Gasteiger partial charge in [0.15, 0.2) is 0 Å². The maximum Gasteiger partial charge on any atom is 0.146 e. The van der Waals surface area contributed by atoms with Crippen LogP contribution in [0.15, 0.2) is 32.7 Å². The van der Waals surface area contributed by atoms with Crippen LogP contribution in [-0.2, 0) is 0 Å². The molecule has 0 aliphatic heterocycles. The lowest BCUT2D eigenvalue weighted by molar-refractivity contribution is 0.192. The first-order chi connectivity index (χ1) is 6.68. The minimum absolute atomic E-state index is 0.624. The second-order valence-corrected chi connectivity index (χ2v) is 5.51. The summed E-state index contributed by atoms with van der Waals surface area (Å²) in [6, 6.07) is 5.66. The van der Waals surface area contributed by atoms with Crippen molar-refractivity contribution >= 4 is 27.3 Å². The Hall–Kier alpha value is -0.580. The average molecular weight is 273 g/mol. The van der Waals surface area contributed by atoms with Crippen LogP contribution < -0.4 is 0 Å². The first-order valence-corrected chi connectivity index (χ1v) is 5.76. The lowest BCUT2D eigenvalue weighted by Crippen LogP contribution is -1.96. The van der Waals surface area contributed by atoms with Gasteiger partial charge in [-0.05, 0) is 46.6 Å². The van der Waals surface area contributed by atoms with Crippen LogP contribution in [0.2, 0.25) is 0 Å². The standard InChI is InChI=1S/C10H9BrO2S/c1-6-4-5-13-10(6)9(12)7-2-3-8(11)14-7/h2-5,9,12H,1H3. The van der Waals surface area contributed by atoms with Gasteiger partial charge in [-0.1, -0.05) is 0 Å². The summed E-state index contributed by atoms with van der Waals surface area (Å²) in [5, 5.41) is 9.97. The number of aryl methyl sites for hydroxylation is 1. The van der Waals surface area contributed by atoms with E-state index >= 15 is 0 Å². The first kappa shape index (κ1) is 9.96. The summed E-state index contributed by atoms with van der Waals surface area (Å²) < 4.78 is 6.24. The van der Waals surface area contributed by atoms with Gasteiger partial charge < -0.3 is 9.52 Å². The number of furan rings is 1. The van der Waals surface area contributed by atoms with Gasteiger partial charge in [0.1, 0.15) is 11.9 Å². The summed E-state index contributed by atoms with van der Waals surface area (Å²) in [6.45, 7) is 1.92. The Balaban J connectivity index is 2.33. The molecular formula is C10H9BrO2S. The van der Waals surface area contributed by atoms with Crippen LogP contribution in [0.1, 0.15) is 22.3 Å². The first-order valence-electron chi connectivity index (χ1n) is 4.16. The summed E-state index contributed by atoms with van der Waals surface area (Å²) in [5.41, 5.74) is 0.974. The number of aliphatic hydroxyl groups excluding tert-OH is 1. The number of rotatable bonds is 2. The minimum atomic E-state index is -0.652. The second kappa shape index (κ2) is 3.88. The smallest absolute Gasteiger partial charge is 0.146 e. The molecule has 74 valence electrons. The highest BCUT2D eigenvalue weighted by Gasteiger charge is 2.17. The predicted molar refractivity (Wildman–Crippen MR) is 59.5 cm³/mol. The monoisotopic (exact) mass is 272 g/mol. The number of hydrogen-bond donors (Lipinski definition) is 1. The molecule has 0 saturated carbocycles. The molecule has 0 amide bonds. The Labute approximate surface area is 94.3 Å². The Morgan fingerprint density at radius 3 is 2.71 bits per heavy atom. The third-order valence-corrected chi connectivity index (χ3v) is 3.69. The van der Waals surface area contributed by atoms with Gasteiger partial charge in [0.25, 0.3) is 0 Å². The van der Waals surface area contributed by atoms with Gasteiger partial charge in [0.2, 0.25) is 0 Å². The van der Waals surface area contributed by atoms with E-state index in [1.54, 1.807) is 6.26 Å². The SMILES string of the molecule is Cc1ccoc1C(O)c1ccc(Br)s1. The molecule has 2 heterocycles. The Morgan fingerprint density at radius 1 is 1.43 bits per heavy atom. The highest BCUT2D eigenvalue weighted by Crippen LogP contribution is 2.32. The largest absolute Gasteiger partial charge is 0.466 e.